The molecule has 0 bridgehead atoms. The lowest BCUT2D eigenvalue weighted by Crippen LogP contribution is -2.54. The van der Waals surface area contributed by atoms with Gasteiger partial charge in [-0.25, -0.2) is 4.98 Å². The van der Waals surface area contributed by atoms with E-state index in [1.807, 2.05) is 59.3 Å². The number of aromatic nitrogens is 2. The van der Waals surface area contributed by atoms with Gasteiger partial charge in [0.15, 0.2) is 11.5 Å². The standard InChI is InChI=1S/C25H24N4O4/c30-24(10-7-19-5-8-20(9-6-19)29-12-11-26-18-29)27-13-15-28(16-14-27)25(31)23-17-32-21-3-1-2-4-22(21)33-23/h1-12,18,23H,13-17H2/b10-7+. The zero-order valence-electron chi connectivity index (χ0n) is 18.0. The smallest absolute Gasteiger partial charge is 0.267 e. The molecule has 3 aromatic rings. The van der Waals surface area contributed by atoms with Crippen LogP contribution < -0.4 is 9.47 Å². The lowest BCUT2D eigenvalue weighted by atomic mass is 10.2. The van der Waals surface area contributed by atoms with E-state index in [1.165, 1.54) is 0 Å². The van der Waals surface area contributed by atoms with Crippen molar-refractivity contribution in [2.24, 2.45) is 0 Å². The first-order valence-corrected chi connectivity index (χ1v) is 10.9. The summed E-state index contributed by atoms with van der Waals surface area (Å²) in [6.07, 6.45) is 8.08. The lowest BCUT2D eigenvalue weighted by Gasteiger charge is -2.36. The zero-order chi connectivity index (χ0) is 22.6. The number of hydrogen-bond donors (Lipinski definition) is 0. The summed E-state index contributed by atoms with van der Waals surface area (Å²) in [5, 5.41) is 0. The molecule has 33 heavy (non-hydrogen) atoms. The van der Waals surface area contributed by atoms with E-state index in [9.17, 15) is 9.59 Å². The van der Waals surface area contributed by atoms with Crippen LogP contribution in [0.4, 0.5) is 0 Å². The molecule has 1 aromatic heterocycles. The molecule has 1 fully saturated rings. The number of nitrogens with zero attached hydrogens (tertiary/aromatic N) is 4. The number of carbonyl (C=O) groups is 2. The van der Waals surface area contributed by atoms with E-state index in [2.05, 4.69) is 4.98 Å². The van der Waals surface area contributed by atoms with Crippen molar-refractivity contribution < 1.29 is 19.1 Å². The van der Waals surface area contributed by atoms with E-state index in [-0.39, 0.29) is 18.4 Å². The molecule has 1 unspecified atom stereocenters. The fraction of sp³-hybridized carbons (Fsp3) is 0.240. The molecule has 0 spiro atoms. The third-order valence-electron chi connectivity index (χ3n) is 5.80. The highest BCUT2D eigenvalue weighted by Crippen LogP contribution is 2.31. The van der Waals surface area contributed by atoms with Gasteiger partial charge in [-0.2, -0.15) is 0 Å². The van der Waals surface area contributed by atoms with Gasteiger partial charge in [-0.15, -0.1) is 0 Å². The van der Waals surface area contributed by atoms with Crippen molar-refractivity contribution in [1.82, 2.24) is 19.4 Å². The highest BCUT2D eigenvalue weighted by molar-refractivity contribution is 5.92. The maximum Gasteiger partial charge on any atom is 0.267 e. The Labute approximate surface area is 191 Å². The van der Waals surface area contributed by atoms with E-state index >= 15 is 0 Å². The van der Waals surface area contributed by atoms with Gasteiger partial charge in [0.1, 0.15) is 6.61 Å². The summed E-state index contributed by atoms with van der Waals surface area (Å²) in [5.41, 5.74) is 1.95. The molecule has 2 aliphatic heterocycles. The number of hydrogen-bond acceptors (Lipinski definition) is 5. The van der Waals surface area contributed by atoms with Crippen LogP contribution in [0.2, 0.25) is 0 Å². The Hall–Kier alpha value is -4.07. The molecule has 0 saturated carbocycles. The predicted octanol–water partition coefficient (Wildman–Crippen LogP) is 2.40. The molecule has 2 amide bonds. The largest absolute Gasteiger partial charge is 0.485 e. The molecule has 2 aromatic carbocycles. The minimum absolute atomic E-state index is 0.0630. The first kappa shape index (κ1) is 20.8. The molecule has 2 aliphatic rings. The molecule has 8 heteroatoms. The molecule has 0 radical (unpaired) electrons. The third-order valence-corrected chi connectivity index (χ3v) is 5.80. The molecule has 168 valence electrons. The lowest BCUT2D eigenvalue weighted by molar-refractivity contribution is -0.145. The third kappa shape index (κ3) is 4.59. The van der Waals surface area contributed by atoms with Crippen molar-refractivity contribution in [3.05, 3.63) is 78.9 Å². The number of piperazine rings is 1. The van der Waals surface area contributed by atoms with Crippen LogP contribution in [-0.4, -0.2) is 70.1 Å². The van der Waals surface area contributed by atoms with Crippen molar-refractivity contribution >= 4 is 17.9 Å². The van der Waals surface area contributed by atoms with Gasteiger partial charge in [0.05, 0.1) is 6.33 Å². The zero-order valence-corrected chi connectivity index (χ0v) is 18.0. The van der Waals surface area contributed by atoms with Crippen LogP contribution >= 0.6 is 0 Å². The van der Waals surface area contributed by atoms with Gasteiger partial charge in [-0.3, -0.25) is 9.59 Å². The summed E-state index contributed by atoms with van der Waals surface area (Å²) in [5.74, 6) is 1.07. The van der Waals surface area contributed by atoms with Crippen molar-refractivity contribution in [3.63, 3.8) is 0 Å². The van der Waals surface area contributed by atoms with Crippen molar-refractivity contribution in [2.45, 2.75) is 6.10 Å². The predicted molar refractivity (Wildman–Crippen MR) is 122 cm³/mol. The Morgan fingerprint density at radius 3 is 2.39 bits per heavy atom. The minimum atomic E-state index is -0.660. The van der Waals surface area contributed by atoms with Gasteiger partial charge in [-0.05, 0) is 35.9 Å². The topological polar surface area (TPSA) is 76.9 Å². The number of amides is 2. The summed E-state index contributed by atoms with van der Waals surface area (Å²) in [6, 6.07) is 15.2. The quantitative estimate of drug-likeness (QED) is 0.578. The summed E-state index contributed by atoms with van der Waals surface area (Å²) in [7, 11) is 0. The van der Waals surface area contributed by atoms with Crippen LogP contribution in [0.25, 0.3) is 11.8 Å². The Bertz CT molecular complexity index is 1150. The van der Waals surface area contributed by atoms with Gasteiger partial charge in [0, 0.05) is 50.3 Å². The Morgan fingerprint density at radius 1 is 0.939 bits per heavy atom. The Balaban J connectivity index is 1.12. The number of fused-ring (bicyclic) bond motifs is 1. The summed E-state index contributed by atoms with van der Waals surface area (Å²) < 4.78 is 13.4. The van der Waals surface area contributed by atoms with Crippen LogP contribution in [-0.2, 0) is 9.59 Å². The van der Waals surface area contributed by atoms with E-state index in [0.29, 0.717) is 37.7 Å². The second-order valence-electron chi connectivity index (χ2n) is 7.91. The van der Waals surface area contributed by atoms with Crippen LogP contribution in [0.1, 0.15) is 5.56 Å². The number of ether oxygens (including phenoxy) is 2. The Kier molecular flexibility index (Phi) is 5.80. The number of carbonyl (C=O) groups excluding carboxylic acids is 2. The number of benzene rings is 2. The van der Waals surface area contributed by atoms with E-state index in [4.69, 9.17) is 9.47 Å². The summed E-state index contributed by atoms with van der Waals surface area (Å²) in [6.45, 7) is 2.10. The second kappa shape index (κ2) is 9.20. The molecule has 0 aliphatic carbocycles. The normalized spacial score (nSPS) is 17.9. The maximum absolute atomic E-state index is 12.9. The molecular formula is C25H24N4O4. The van der Waals surface area contributed by atoms with Gasteiger partial charge < -0.3 is 23.8 Å². The first-order chi connectivity index (χ1) is 16.2. The molecule has 1 atom stereocenters. The second-order valence-corrected chi connectivity index (χ2v) is 7.91. The molecule has 1 saturated heterocycles. The van der Waals surface area contributed by atoms with Crippen molar-refractivity contribution in [3.8, 4) is 17.2 Å². The monoisotopic (exact) mass is 444 g/mol. The summed E-state index contributed by atoms with van der Waals surface area (Å²) in [4.78, 5) is 33.0. The van der Waals surface area contributed by atoms with Gasteiger partial charge in [0.2, 0.25) is 12.0 Å². The van der Waals surface area contributed by atoms with Crippen LogP contribution in [0, 0.1) is 0 Å². The molecule has 8 nitrogen and oxygen atoms in total. The fourth-order valence-electron chi connectivity index (χ4n) is 3.93. The molecule has 5 rings (SSSR count). The van der Waals surface area contributed by atoms with Gasteiger partial charge >= 0.3 is 0 Å². The summed E-state index contributed by atoms with van der Waals surface area (Å²) >= 11 is 0. The molecule has 3 heterocycles. The number of imidazole rings is 1. The highest BCUT2D eigenvalue weighted by Gasteiger charge is 2.33. The Morgan fingerprint density at radius 2 is 1.67 bits per heavy atom. The number of para-hydroxylation sites is 2. The maximum atomic E-state index is 12.9. The van der Waals surface area contributed by atoms with Crippen LogP contribution in [0.3, 0.4) is 0 Å². The van der Waals surface area contributed by atoms with E-state index in [1.54, 1.807) is 34.5 Å². The highest BCUT2D eigenvalue weighted by atomic mass is 16.6. The average molecular weight is 444 g/mol. The minimum Gasteiger partial charge on any atom is -0.485 e. The van der Waals surface area contributed by atoms with Crippen LogP contribution in [0.5, 0.6) is 11.5 Å². The number of rotatable bonds is 4. The van der Waals surface area contributed by atoms with Crippen molar-refractivity contribution in [1.29, 1.82) is 0 Å². The average Bonchev–Trinajstić information content (AvgIpc) is 3.42. The first-order valence-electron chi connectivity index (χ1n) is 10.9. The van der Waals surface area contributed by atoms with Crippen molar-refractivity contribution in [2.75, 3.05) is 32.8 Å². The van der Waals surface area contributed by atoms with Gasteiger partial charge in [-0.1, -0.05) is 24.3 Å². The fourth-order valence-corrected chi connectivity index (χ4v) is 3.93. The molecular weight excluding hydrogens is 420 g/mol. The van der Waals surface area contributed by atoms with E-state index < -0.39 is 6.10 Å². The van der Waals surface area contributed by atoms with Gasteiger partial charge in [0.25, 0.3) is 5.91 Å². The SMILES string of the molecule is O=C(/C=C/c1ccc(-n2ccnc2)cc1)N1CCN(C(=O)C2COc3ccccc3O2)CC1. The molecule has 0 N–H and O–H groups in total. The van der Waals surface area contributed by atoms with Crippen LogP contribution in [0.15, 0.2) is 73.3 Å². The van der Waals surface area contributed by atoms with E-state index in [0.717, 1.165) is 11.3 Å².